The molecule has 0 saturated carbocycles. The van der Waals surface area contributed by atoms with E-state index >= 15 is 0 Å². The summed E-state index contributed by atoms with van der Waals surface area (Å²) < 4.78 is 0. The first-order valence-corrected chi connectivity index (χ1v) is 4.45. The fraction of sp³-hybridized carbons (Fsp3) is 0.444. The van der Waals surface area contributed by atoms with Gasteiger partial charge in [0, 0.05) is 19.3 Å². The Labute approximate surface area is 82.8 Å². The number of pyridine rings is 1. The van der Waals surface area contributed by atoms with Crippen LogP contribution in [0.3, 0.4) is 0 Å². The van der Waals surface area contributed by atoms with Crippen LogP contribution in [0.4, 0.5) is 11.4 Å². The van der Waals surface area contributed by atoms with Crippen molar-refractivity contribution < 1.29 is 10.2 Å². The summed E-state index contributed by atoms with van der Waals surface area (Å²) >= 11 is 0. The molecule has 4 N–H and O–H groups in total. The van der Waals surface area contributed by atoms with Crippen molar-refractivity contribution in [3.05, 3.63) is 18.5 Å². The van der Waals surface area contributed by atoms with Crippen LogP contribution in [0.25, 0.3) is 0 Å². The molecular formula is C9H15N3O2. The molecule has 0 aliphatic carbocycles. The lowest BCUT2D eigenvalue weighted by Gasteiger charge is -2.22. The van der Waals surface area contributed by atoms with E-state index in [9.17, 15) is 0 Å². The summed E-state index contributed by atoms with van der Waals surface area (Å²) in [5, 5.41) is 17.6. The highest BCUT2D eigenvalue weighted by molar-refractivity contribution is 5.53. The summed E-state index contributed by atoms with van der Waals surface area (Å²) in [5.41, 5.74) is 6.96. The molecule has 0 radical (unpaired) electrons. The zero-order valence-corrected chi connectivity index (χ0v) is 7.93. The largest absolute Gasteiger partial charge is 0.397 e. The summed E-state index contributed by atoms with van der Waals surface area (Å²) in [6.07, 6.45) is 3.21. The van der Waals surface area contributed by atoms with Crippen LogP contribution in [-0.4, -0.2) is 41.5 Å². The second-order valence-corrected chi connectivity index (χ2v) is 2.91. The van der Waals surface area contributed by atoms with Crippen LogP contribution in [0.5, 0.6) is 0 Å². The zero-order valence-electron chi connectivity index (χ0n) is 7.93. The van der Waals surface area contributed by atoms with E-state index in [4.69, 9.17) is 15.9 Å². The SMILES string of the molecule is Nc1cncc(N(CCO)CCO)c1. The number of aromatic nitrogens is 1. The maximum Gasteiger partial charge on any atom is 0.0606 e. The van der Waals surface area contributed by atoms with Gasteiger partial charge in [0.25, 0.3) is 0 Å². The average Bonchev–Trinajstić information content (AvgIpc) is 2.17. The summed E-state index contributed by atoms with van der Waals surface area (Å²) in [7, 11) is 0. The van der Waals surface area contributed by atoms with Gasteiger partial charge in [-0.15, -0.1) is 0 Å². The van der Waals surface area contributed by atoms with Gasteiger partial charge in [0.05, 0.1) is 30.8 Å². The summed E-state index contributed by atoms with van der Waals surface area (Å²) in [5.74, 6) is 0. The highest BCUT2D eigenvalue weighted by atomic mass is 16.3. The second-order valence-electron chi connectivity index (χ2n) is 2.91. The maximum atomic E-state index is 8.82. The summed E-state index contributed by atoms with van der Waals surface area (Å²) in [6, 6.07) is 1.76. The molecule has 5 nitrogen and oxygen atoms in total. The fourth-order valence-corrected chi connectivity index (χ4v) is 1.23. The van der Waals surface area contributed by atoms with E-state index in [-0.39, 0.29) is 13.2 Å². The zero-order chi connectivity index (χ0) is 10.4. The number of nitrogens with two attached hydrogens (primary N) is 1. The number of hydrogen-bond donors (Lipinski definition) is 3. The van der Waals surface area contributed by atoms with Gasteiger partial charge in [-0.25, -0.2) is 0 Å². The lowest BCUT2D eigenvalue weighted by molar-refractivity contribution is 0.281. The first kappa shape index (κ1) is 10.7. The van der Waals surface area contributed by atoms with Crippen LogP contribution in [-0.2, 0) is 0 Å². The third-order valence-electron chi connectivity index (χ3n) is 1.85. The van der Waals surface area contributed by atoms with Gasteiger partial charge in [0.1, 0.15) is 0 Å². The molecule has 0 aromatic carbocycles. The van der Waals surface area contributed by atoms with E-state index in [1.807, 2.05) is 4.90 Å². The molecule has 14 heavy (non-hydrogen) atoms. The smallest absolute Gasteiger partial charge is 0.0606 e. The van der Waals surface area contributed by atoms with Gasteiger partial charge in [0.15, 0.2) is 0 Å². The van der Waals surface area contributed by atoms with Crippen LogP contribution in [0.2, 0.25) is 0 Å². The lowest BCUT2D eigenvalue weighted by atomic mass is 10.3. The second kappa shape index (κ2) is 5.41. The molecule has 1 heterocycles. The van der Waals surface area contributed by atoms with Gasteiger partial charge in [0.2, 0.25) is 0 Å². The molecule has 0 spiro atoms. The quantitative estimate of drug-likeness (QED) is 0.590. The van der Waals surface area contributed by atoms with Crippen molar-refractivity contribution in [3.63, 3.8) is 0 Å². The van der Waals surface area contributed by atoms with Crippen molar-refractivity contribution in [3.8, 4) is 0 Å². The van der Waals surface area contributed by atoms with Crippen molar-refractivity contribution in [2.24, 2.45) is 0 Å². The van der Waals surface area contributed by atoms with Gasteiger partial charge in [-0.1, -0.05) is 0 Å². The van der Waals surface area contributed by atoms with E-state index < -0.39 is 0 Å². The Hall–Kier alpha value is -1.33. The molecule has 1 aromatic heterocycles. The Bertz CT molecular complexity index is 275. The number of nitrogen functional groups attached to an aromatic ring is 1. The molecule has 1 rings (SSSR count). The number of aliphatic hydroxyl groups is 2. The molecule has 0 fully saturated rings. The van der Waals surface area contributed by atoms with Crippen molar-refractivity contribution in [2.75, 3.05) is 36.9 Å². The summed E-state index contributed by atoms with van der Waals surface area (Å²) in [4.78, 5) is 5.76. The first-order valence-electron chi connectivity index (χ1n) is 4.45. The van der Waals surface area contributed by atoms with Gasteiger partial charge in [-0.3, -0.25) is 4.98 Å². The topological polar surface area (TPSA) is 82.6 Å². The monoisotopic (exact) mass is 197 g/mol. The van der Waals surface area contributed by atoms with Crippen LogP contribution < -0.4 is 10.6 Å². The molecule has 0 aliphatic rings. The molecule has 0 aliphatic heterocycles. The number of aliphatic hydroxyl groups excluding tert-OH is 2. The van der Waals surface area contributed by atoms with Crippen molar-refractivity contribution in [1.29, 1.82) is 0 Å². The van der Waals surface area contributed by atoms with Gasteiger partial charge in [-0.05, 0) is 6.07 Å². The average molecular weight is 197 g/mol. The van der Waals surface area contributed by atoms with Crippen LogP contribution in [0.15, 0.2) is 18.5 Å². The fourth-order valence-electron chi connectivity index (χ4n) is 1.23. The van der Waals surface area contributed by atoms with Crippen molar-refractivity contribution in [1.82, 2.24) is 4.98 Å². The Morgan fingerprint density at radius 1 is 1.21 bits per heavy atom. The van der Waals surface area contributed by atoms with E-state index in [0.717, 1.165) is 5.69 Å². The Morgan fingerprint density at radius 3 is 2.36 bits per heavy atom. The van der Waals surface area contributed by atoms with E-state index in [1.165, 1.54) is 0 Å². The molecule has 1 aromatic rings. The minimum Gasteiger partial charge on any atom is -0.397 e. The molecule has 78 valence electrons. The number of rotatable bonds is 5. The van der Waals surface area contributed by atoms with Crippen LogP contribution in [0, 0.1) is 0 Å². The molecule has 5 heteroatoms. The van der Waals surface area contributed by atoms with E-state index in [1.54, 1.807) is 18.5 Å². The Morgan fingerprint density at radius 2 is 1.86 bits per heavy atom. The lowest BCUT2D eigenvalue weighted by Crippen LogP contribution is -2.29. The highest BCUT2D eigenvalue weighted by Gasteiger charge is 2.05. The molecule has 0 atom stereocenters. The predicted octanol–water partition coefficient (Wildman–Crippen LogP) is -0.545. The Balaban J connectivity index is 2.75. The van der Waals surface area contributed by atoms with Crippen molar-refractivity contribution in [2.45, 2.75) is 0 Å². The minimum atomic E-state index is 0.0365. The molecule has 0 unspecified atom stereocenters. The van der Waals surface area contributed by atoms with Crippen LogP contribution in [0.1, 0.15) is 0 Å². The van der Waals surface area contributed by atoms with Crippen LogP contribution >= 0.6 is 0 Å². The molecule has 0 saturated heterocycles. The van der Waals surface area contributed by atoms with E-state index in [2.05, 4.69) is 4.98 Å². The minimum absolute atomic E-state index is 0.0365. The number of anilines is 2. The van der Waals surface area contributed by atoms with Gasteiger partial charge in [-0.2, -0.15) is 0 Å². The summed E-state index contributed by atoms with van der Waals surface area (Å²) in [6.45, 7) is 1.00. The van der Waals surface area contributed by atoms with Crippen molar-refractivity contribution >= 4 is 11.4 Å². The van der Waals surface area contributed by atoms with Gasteiger partial charge >= 0.3 is 0 Å². The third-order valence-corrected chi connectivity index (χ3v) is 1.85. The maximum absolute atomic E-state index is 8.82. The normalized spacial score (nSPS) is 10.1. The molecular weight excluding hydrogens is 182 g/mol. The third kappa shape index (κ3) is 2.86. The Kier molecular flexibility index (Phi) is 4.15. The van der Waals surface area contributed by atoms with Gasteiger partial charge < -0.3 is 20.8 Å². The predicted molar refractivity (Wildman–Crippen MR) is 55.0 cm³/mol. The number of nitrogens with zero attached hydrogens (tertiary/aromatic N) is 2. The number of hydrogen-bond acceptors (Lipinski definition) is 5. The highest BCUT2D eigenvalue weighted by Crippen LogP contribution is 2.14. The molecule has 0 bridgehead atoms. The standard InChI is InChI=1S/C9H15N3O2/c10-8-5-9(7-11-6-8)12(1-3-13)2-4-14/h5-7,13-14H,1-4,10H2. The van der Waals surface area contributed by atoms with E-state index in [0.29, 0.717) is 18.8 Å². The molecule has 0 amide bonds. The first-order chi connectivity index (χ1) is 6.77.